The summed E-state index contributed by atoms with van der Waals surface area (Å²) in [6, 6.07) is 1.22. The predicted molar refractivity (Wildman–Crippen MR) is 93.3 cm³/mol. The number of hydrogen-bond acceptors (Lipinski definition) is 5. The minimum Gasteiger partial charge on any atom is -0.383 e. The number of benzene rings is 1. The predicted octanol–water partition coefficient (Wildman–Crippen LogP) is 1.05. The van der Waals surface area contributed by atoms with E-state index in [4.69, 9.17) is 11.5 Å². The molecule has 0 radical (unpaired) electrons. The fourth-order valence-corrected chi connectivity index (χ4v) is 2.17. The molecule has 0 saturated carbocycles. The molecule has 0 unspecified atom stereocenters. The Morgan fingerprint density at radius 3 is 2.81 bits per heavy atom. The topological polar surface area (TPSA) is 114 Å². The summed E-state index contributed by atoms with van der Waals surface area (Å²) in [5, 5.41) is 2.91. The molecule has 1 aromatic carbocycles. The first-order valence-corrected chi connectivity index (χ1v) is 7.72. The minimum absolute atomic E-state index is 0.0578. The van der Waals surface area contributed by atoms with Crippen molar-refractivity contribution in [2.75, 3.05) is 18.8 Å². The molecule has 0 saturated heterocycles. The smallest absolute Gasteiger partial charge is 0.327 e. The summed E-state index contributed by atoms with van der Waals surface area (Å²) in [4.78, 5) is 18.4. The zero-order valence-corrected chi connectivity index (χ0v) is 13.9. The lowest BCUT2D eigenvalue weighted by Gasteiger charge is -2.07. The van der Waals surface area contributed by atoms with Gasteiger partial charge in [0.15, 0.2) is 11.6 Å². The van der Waals surface area contributed by atoms with E-state index < -0.39 is 29.7 Å². The van der Waals surface area contributed by atoms with Crippen molar-refractivity contribution in [3.63, 3.8) is 0 Å². The largest absolute Gasteiger partial charge is 0.383 e. The zero-order chi connectivity index (χ0) is 19.3. The molecule has 0 aliphatic carbocycles. The van der Waals surface area contributed by atoms with Crippen molar-refractivity contribution in [2.24, 2.45) is 10.7 Å². The second-order valence-electron chi connectivity index (χ2n) is 5.45. The number of nitrogens with zero attached hydrogens (tertiary/aromatic N) is 2. The molecule has 26 heavy (non-hydrogen) atoms. The number of nitrogens with one attached hydrogen (secondary N) is 2. The Morgan fingerprint density at radius 1 is 1.38 bits per heavy atom. The quantitative estimate of drug-likeness (QED) is 0.317. The van der Waals surface area contributed by atoms with Crippen LogP contribution in [0, 0.1) is 17.5 Å². The van der Waals surface area contributed by atoms with Crippen LogP contribution in [0.3, 0.4) is 0 Å². The van der Waals surface area contributed by atoms with E-state index in [0.29, 0.717) is 25.0 Å². The van der Waals surface area contributed by atoms with E-state index in [1.165, 1.54) is 6.21 Å². The molecule has 0 aliphatic rings. The van der Waals surface area contributed by atoms with Crippen molar-refractivity contribution >= 4 is 12.0 Å². The second-order valence-corrected chi connectivity index (χ2v) is 5.45. The number of imidazole rings is 1. The van der Waals surface area contributed by atoms with Gasteiger partial charge < -0.3 is 21.8 Å². The van der Waals surface area contributed by atoms with Gasteiger partial charge in [0, 0.05) is 18.2 Å². The summed E-state index contributed by atoms with van der Waals surface area (Å²) in [7, 11) is 0. The van der Waals surface area contributed by atoms with E-state index in [2.05, 4.69) is 21.9 Å². The van der Waals surface area contributed by atoms with Gasteiger partial charge in [-0.15, -0.1) is 0 Å². The highest BCUT2D eigenvalue weighted by atomic mass is 19.2. The van der Waals surface area contributed by atoms with Gasteiger partial charge in [-0.2, -0.15) is 0 Å². The molecule has 0 spiro atoms. The van der Waals surface area contributed by atoms with Crippen molar-refractivity contribution in [3.8, 4) is 0 Å². The maximum atomic E-state index is 13.8. The van der Waals surface area contributed by atoms with Crippen molar-refractivity contribution in [1.29, 1.82) is 0 Å². The van der Waals surface area contributed by atoms with Crippen LogP contribution in [0.1, 0.15) is 17.7 Å². The summed E-state index contributed by atoms with van der Waals surface area (Å²) in [6.45, 7) is 4.34. The lowest BCUT2D eigenvalue weighted by molar-refractivity contribution is 0.481. The molecule has 10 heteroatoms. The molecule has 140 valence electrons. The molecule has 7 nitrogen and oxygen atoms in total. The summed E-state index contributed by atoms with van der Waals surface area (Å²) in [5.74, 6) is -3.26. The second kappa shape index (κ2) is 8.39. The fraction of sp³-hybridized carbons (Fsp3) is 0.250. The molecule has 2 rings (SSSR count). The molecule has 6 N–H and O–H groups in total. The van der Waals surface area contributed by atoms with Crippen LogP contribution >= 0.6 is 0 Å². The van der Waals surface area contributed by atoms with Gasteiger partial charge >= 0.3 is 5.69 Å². The zero-order valence-electron chi connectivity index (χ0n) is 13.9. The number of hydrogen-bond donors (Lipinski definition) is 4. The Hall–Kier alpha value is -3.01. The van der Waals surface area contributed by atoms with Crippen LogP contribution in [0.2, 0.25) is 0 Å². The third-order valence-electron chi connectivity index (χ3n) is 3.51. The fourth-order valence-electron chi connectivity index (χ4n) is 2.17. The van der Waals surface area contributed by atoms with Crippen LogP contribution in [0.4, 0.5) is 19.0 Å². The number of rotatable bonds is 8. The van der Waals surface area contributed by atoms with Crippen LogP contribution in [0.25, 0.3) is 0 Å². The number of aliphatic imine (C=N–C) groups is 1. The van der Waals surface area contributed by atoms with Crippen molar-refractivity contribution in [1.82, 2.24) is 14.9 Å². The minimum atomic E-state index is -1.34. The summed E-state index contributed by atoms with van der Waals surface area (Å²) >= 11 is 0. The highest BCUT2D eigenvalue weighted by Crippen LogP contribution is 2.16. The normalized spacial score (nSPS) is 11.2. The molecule has 2 aromatic rings. The Bertz CT molecular complexity index is 887. The molecule has 0 atom stereocenters. The standard InChI is InChI=1S/C16H19F3N6O/c1-9(22-4-2-3-20)23-7-13-15(21)25(16(26)24-13)8-10-5-11(17)6-12(18)14(10)19/h5-7,22H,1-4,8,20-21H2,(H,24,26). The first kappa shape index (κ1) is 19.3. The molecule has 0 bridgehead atoms. The molecule has 1 aromatic heterocycles. The van der Waals surface area contributed by atoms with Crippen LogP contribution in [-0.4, -0.2) is 28.9 Å². The maximum Gasteiger partial charge on any atom is 0.327 e. The van der Waals surface area contributed by atoms with E-state index in [9.17, 15) is 18.0 Å². The van der Waals surface area contributed by atoms with E-state index in [0.717, 1.165) is 17.1 Å². The average Bonchev–Trinajstić information content (AvgIpc) is 2.85. The lowest BCUT2D eigenvalue weighted by atomic mass is 10.2. The van der Waals surface area contributed by atoms with Crippen molar-refractivity contribution < 1.29 is 13.2 Å². The van der Waals surface area contributed by atoms with E-state index >= 15 is 0 Å². The van der Waals surface area contributed by atoms with Gasteiger partial charge in [-0.05, 0) is 19.0 Å². The first-order valence-electron chi connectivity index (χ1n) is 7.72. The third-order valence-corrected chi connectivity index (χ3v) is 3.51. The van der Waals surface area contributed by atoms with Crippen LogP contribution in [0.5, 0.6) is 0 Å². The number of H-pyrrole nitrogens is 1. The van der Waals surface area contributed by atoms with Crippen LogP contribution in [0.15, 0.2) is 34.3 Å². The summed E-state index contributed by atoms with van der Waals surface area (Å²) < 4.78 is 41.3. The summed E-state index contributed by atoms with van der Waals surface area (Å²) in [6.07, 6.45) is 2.01. The van der Waals surface area contributed by atoms with Gasteiger partial charge in [0.1, 0.15) is 23.1 Å². The first-order chi connectivity index (χ1) is 12.3. The number of aromatic nitrogens is 2. The Morgan fingerprint density at radius 2 is 2.12 bits per heavy atom. The van der Waals surface area contributed by atoms with Gasteiger partial charge in [0.25, 0.3) is 0 Å². The number of halogens is 3. The lowest BCUT2D eigenvalue weighted by Crippen LogP contribution is -2.20. The van der Waals surface area contributed by atoms with Gasteiger partial charge in [-0.3, -0.25) is 4.57 Å². The maximum absolute atomic E-state index is 13.8. The molecule has 1 heterocycles. The highest BCUT2D eigenvalue weighted by molar-refractivity contribution is 5.83. The highest BCUT2D eigenvalue weighted by Gasteiger charge is 2.15. The van der Waals surface area contributed by atoms with Gasteiger partial charge in [0.2, 0.25) is 0 Å². The Labute approximate surface area is 147 Å². The number of nitrogens with two attached hydrogens (primary N) is 2. The average molecular weight is 368 g/mol. The molecule has 0 fully saturated rings. The van der Waals surface area contributed by atoms with E-state index in [-0.39, 0.29) is 17.1 Å². The number of anilines is 1. The monoisotopic (exact) mass is 368 g/mol. The number of nitrogen functional groups attached to an aromatic ring is 1. The Balaban J connectivity index is 2.21. The Kier molecular flexibility index (Phi) is 6.23. The van der Waals surface area contributed by atoms with E-state index in [1.807, 2.05) is 0 Å². The van der Waals surface area contributed by atoms with Crippen molar-refractivity contribution in [2.45, 2.75) is 13.0 Å². The van der Waals surface area contributed by atoms with Crippen LogP contribution < -0.4 is 22.5 Å². The van der Waals surface area contributed by atoms with Crippen molar-refractivity contribution in [3.05, 3.63) is 63.7 Å². The third kappa shape index (κ3) is 4.54. The van der Waals surface area contributed by atoms with Gasteiger partial charge in [0.05, 0.1) is 12.8 Å². The summed E-state index contributed by atoms with van der Waals surface area (Å²) in [5.41, 5.74) is 10.4. The van der Waals surface area contributed by atoms with Crippen LogP contribution in [-0.2, 0) is 6.54 Å². The van der Waals surface area contributed by atoms with Gasteiger partial charge in [-0.25, -0.2) is 23.0 Å². The number of aromatic amines is 1. The van der Waals surface area contributed by atoms with E-state index in [1.54, 1.807) is 0 Å². The SMILES string of the molecule is C=C(N=Cc1[nH]c(=O)n(Cc2cc(F)cc(F)c2F)c1N)NCCCN. The molecule has 0 aliphatic heterocycles. The molecular weight excluding hydrogens is 349 g/mol. The molecular formula is C16H19F3N6O. The molecule has 0 amide bonds. The van der Waals surface area contributed by atoms with Gasteiger partial charge in [-0.1, -0.05) is 6.58 Å².